The van der Waals surface area contributed by atoms with Gasteiger partial charge in [-0.1, -0.05) is 12.1 Å². The van der Waals surface area contributed by atoms with Crippen molar-refractivity contribution in [3.8, 4) is 28.6 Å². The normalized spacial score (nSPS) is 10.8. The number of hydrogen-bond donors (Lipinski definition) is 1. The Hall–Kier alpha value is -3.44. The minimum absolute atomic E-state index is 0. The zero-order chi connectivity index (χ0) is 22.9. The highest BCUT2D eigenvalue weighted by atomic mass is 35.5. The van der Waals surface area contributed by atoms with Crippen molar-refractivity contribution in [1.82, 2.24) is 24.3 Å². The SMILES string of the molecule is COc1cc(-c2nc(Nc3ccccc3OC(F)(F)F)n(C)n2)ccc1-n1cnc(C)c1.Cl.Cl. The van der Waals surface area contributed by atoms with Crippen molar-refractivity contribution in [2.45, 2.75) is 13.3 Å². The highest BCUT2D eigenvalue weighted by Crippen LogP contribution is 2.33. The van der Waals surface area contributed by atoms with Gasteiger partial charge in [0.05, 0.1) is 30.5 Å². The quantitative estimate of drug-likeness (QED) is 0.366. The molecule has 182 valence electrons. The number of nitrogens with zero attached hydrogens (tertiary/aromatic N) is 5. The number of aromatic nitrogens is 5. The van der Waals surface area contributed by atoms with Crippen LogP contribution in [-0.2, 0) is 7.05 Å². The molecule has 0 atom stereocenters. The summed E-state index contributed by atoms with van der Waals surface area (Å²) in [6.45, 7) is 1.89. The summed E-state index contributed by atoms with van der Waals surface area (Å²) in [6.07, 6.45) is -1.25. The first-order chi connectivity index (χ1) is 15.2. The first-order valence-corrected chi connectivity index (χ1v) is 9.46. The van der Waals surface area contributed by atoms with Gasteiger partial charge in [-0.05, 0) is 37.3 Å². The minimum Gasteiger partial charge on any atom is -0.495 e. The van der Waals surface area contributed by atoms with Gasteiger partial charge in [0.2, 0.25) is 5.95 Å². The number of rotatable bonds is 6. The molecular weight excluding hydrogens is 496 g/mol. The number of halogens is 5. The fourth-order valence-corrected chi connectivity index (χ4v) is 3.10. The molecule has 0 fully saturated rings. The summed E-state index contributed by atoms with van der Waals surface area (Å²) in [5, 5.41) is 7.21. The molecule has 0 spiro atoms. The van der Waals surface area contributed by atoms with Crippen LogP contribution in [0.25, 0.3) is 17.1 Å². The summed E-state index contributed by atoms with van der Waals surface area (Å²) < 4.78 is 50.9. The molecule has 4 aromatic rings. The lowest BCUT2D eigenvalue weighted by molar-refractivity contribution is -0.274. The monoisotopic (exact) mass is 516 g/mol. The van der Waals surface area contributed by atoms with Crippen molar-refractivity contribution in [2.75, 3.05) is 12.4 Å². The summed E-state index contributed by atoms with van der Waals surface area (Å²) in [5.74, 6) is 0.833. The van der Waals surface area contributed by atoms with E-state index in [2.05, 4.69) is 25.1 Å². The summed E-state index contributed by atoms with van der Waals surface area (Å²) in [6, 6.07) is 11.2. The number of anilines is 2. The van der Waals surface area contributed by atoms with E-state index in [0.717, 1.165) is 11.4 Å². The zero-order valence-electron chi connectivity index (χ0n) is 18.2. The number of ether oxygens (including phenoxy) is 2. The topological polar surface area (TPSA) is 79.0 Å². The molecule has 4 rings (SSSR count). The summed E-state index contributed by atoms with van der Waals surface area (Å²) in [7, 11) is 3.19. The van der Waals surface area contributed by atoms with Crippen LogP contribution in [0, 0.1) is 6.92 Å². The van der Waals surface area contributed by atoms with Gasteiger partial charge in [-0.15, -0.1) is 43.1 Å². The van der Waals surface area contributed by atoms with E-state index in [4.69, 9.17) is 4.74 Å². The van der Waals surface area contributed by atoms with Gasteiger partial charge in [-0.3, -0.25) is 0 Å². The Balaban J connectivity index is 0.00000204. The number of para-hydroxylation sites is 2. The zero-order valence-corrected chi connectivity index (χ0v) is 19.8. The molecule has 34 heavy (non-hydrogen) atoms. The highest BCUT2D eigenvalue weighted by Gasteiger charge is 2.32. The lowest BCUT2D eigenvalue weighted by Gasteiger charge is -2.13. The fraction of sp³-hybridized carbons (Fsp3) is 0.190. The summed E-state index contributed by atoms with van der Waals surface area (Å²) >= 11 is 0. The first kappa shape index (κ1) is 26.8. The van der Waals surface area contributed by atoms with E-state index in [0.29, 0.717) is 17.1 Å². The number of alkyl halides is 3. The van der Waals surface area contributed by atoms with E-state index in [-0.39, 0.29) is 42.2 Å². The number of aryl methyl sites for hydroxylation is 2. The Kier molecular flexibility index (Phi) is 8.41. The average molecular weight is 517 g/mol. The van der Waals surface area contributed by atoms with Crippen molar-refractivity contribution in [3.63, 3.8) is 0 Å². The number of imidazole rings is 1. The van der Waals surface area contributed by atoms with Crippen molar-refractivity contribution in [1.29, 1.82) is 0 Å². The van der Waals surface area contributed by atoms with Gasteiger partial charge in [0.15, 0.2) is 11.6 Å². The molecule has 0 aliphatic rings. The largest absolute Gasteiger partial charge is 0.573 e. The van der Waals surface area contributed by atoms with E-state index in [1.165, 1.54) is 22.9 Å². The maximum absolute atomic E-state index is 12.7. The van der Waals surface area contributed by atoms with Crippen LogP contribution in [0.5, 0.6) is 11.5 Å². The molecule has 0 aliphatic carbocycles. The van der Waals surface area contributed by atoms with Crippen LogP contribution in [0.15, 0.2) is 55.0 Å². The van der Waals surface area contributed by atoms with E-state index in [1.807, 2.05) is 29.8 Å². The van der Waals surface area contributed by atoms with Crippen molar-refractivity contribution >= 4 is 36.4 Å². The van der Waals surface area contributed by atoms with E-state index < -0.39 is 6.36 Å². The Bertz CT molecular complexity index is 1260. The van der Waals surface area contributed by atoms with Crippen LogP contribution >= 0.6 is 24.8 Å². The lowest BCUT2D eigenvalue weighted by Crippen LogP contribution is -2.18. The number of benzene rings is 2. The molecule has 2 aromatic carbocycles. The minimum atomic E-state index is -4.81. The third-order valence-corrected chi connectivity index (χ3v) is 4.55. The standard InChI is InChI=1S/C21H19F3N6O2.2ClH/c1-13-11-30(12-25-13)16-9-8-14(10-18(16)31-3)19-27-20(29(2)28-19)26-15-6-4-5-7-17(15)32-21(22,23)24;;/h4-12H,1-3H3,(H,26,27,28);2*1H. The smallest absolute Gasteiger partial charge is 0.495 e. The second kappa shape index (κ2) is 10.7. The van der Waals surface area contributed by atoms with Gasteiger partial charge < -0.3 is 19.4 Å². The number of methoxy groups -OCH3 is 1. The lowest BCUT2D eigenvalue weighted by atomic mass is 10.1. The van der Waals surface area contributed by atoms with Gasteiger partial charge in [0.1, 0.15) is 5.75 Å². The molecular formula is C21H21Cl2F3N6O2. The molecule has 0 saturated heterocycles. The third kappa shape index (κ3) is 5.91. The Labute approximate surface area is 205 Å². The molecule has 13 heteroatoms. The molecule has 0 bridgehead atoms. The molecule has 8 nitrogen and oxygen atoms in total. The van der Waals surface area contributed by atoms with Crippen molar-refractivity contribution in [3.05, 3.63) is 60.7 Å². The van der Waals surface area contributed by atoms with Crippen LogP contribution in [0.2, 0.25) is 0 Å². The summed E-state index contributed by atoms with van der Waals surface area (Å²) in [5.41, 5.74) is 2.44. The van der Waals surface area contributed by atoms with Crippen LogP contribution in [0.3, 0.4) is 0 Å². The molecule has 0 aliphatic heterocycles. The molecule has 0 radical (unpaired) electrons. The molecule has 0 saturated carbocycles. The first-order valence-electron chi connectivity index (χ1n) is 9.46. The summed E-state index contributed by atoms with van der Waals surface area (Å²) in [4.78, 5) is 8.65. The molecule has 1 N–H and O–H groups in total. The van der Waals surface area contributed by atoms with Crippen molar-refractivity contribution < 1.29 is 22.6 Å². The van der Waals surface area contributed by atoms with Crippen LogP contribution in [0.1, 0.15) is 5.69 Å². The van der Waals surface area contributed by atoms with Crippen LogP contribution in [-0.4, -0.2) is 37.8 Å². The van der Waals surface area contributed by atoms with E-state index >= 15 is 0 Å². The molecule has 0 unspecified atom stereocenters. The fourth-order valence-electron chi connectivity index (χ4n) is 3.10. The highest BCUT2D eigenvalue weighted by molar-refractivity contribution is 5.85. The van der Waals surface area contributed by atoms with Gasteiger partial charge in [-0.25, -0.2) is 9.67 Å². The van der Waals surface area contributed by atoms with Gasteiger partial charge in [0.25, 0.3) is 0 Å². The Morgan fingerprint density at radius 2 is 1.76 bits per heavy atom. The van der Waals surface area contributed by atoms with E-state index in [1.54, 1.807) is 32.6 Å². The maximum Gasteiger partial charge on any atom is 0.573 e. The molecule has 0 amide bonds. The Morgan fingerprint density at radius 1 is 1.03 bits per heavy atom. The van der Waals surface area contributed by atoms with Gasteiger partial charge >= 0.3 is 6.36 Å². The Morgan fingerprint density at radius 3 is 2.41 bits per heavy atom. The predicted molar refractivity (Wildman–Crippen MR) is 126 cm³/mol. The van der Waals surface area contributed by atoms with Gasteiger partial charge in [0, 0.05) is 18.8 Å². The van der Waals surface area contributed by atoms with Crippen LogP contribution < -0.4 is 14.8 Å². The number of hydrogen-bond acceptors (Lipinski definition) is 6. The second-order valence-corrected chi connectivity index (χ2v) is 6.86. The van der Waals surface area contributed by atoms with Crippen LogP contribution in [0.4, 0.5) is 24.8 Å². The van der Waals surface area contributed by atoms with Gasteiger partial charge in [-0.2, -0.15) is 4.98 Å². The molecule has 2 aromatic heterocycles. The third-order valence-electron chi connectivity index (χ3n) is 4.55. The maximum atomic E-state index is 12.7. The van der Waals surface area contributed by atoms with E-state index in [9.17, 15) is 13.2 Å². The number of nitrogens with one attached hydrogen (secondary N) is 1. The molecule has 2 heterocycles. The average Bonchev–Trinajstić information content (AvgIpc) is 3.33. The second-order valence-electron chi connectivity index (χ2n) is 6.86. The van der Waals surface area contributed by atoms with Crippen molar-refractivity contribution in [2.24, 2.45) is 7.05 Å². The predicted octanol–water partition coefficient (Wildman–Crippen LogP) is 5.47.